The van der Waals surface area contributed by atoms with E-state index < -0.39 is 0 Å². The maximum atomic E-state index is 12.2. The third-order valence-electron chi connectivity index (χ3n) is 7.33. The monoisotopic (exact) mass is 458 g/mol. The number of amides is 1. The summed E-state index contributed by atoms with van der Waals surface area (Å²) in [4.78, 5) is 14.8. The van der Waals surface area contributed by atoms with Crippen molar-refractivity contribution in [3.63, 3.8) is 0 Å². The van der Waals surface area contributed by atoms with Crippen LogP contribution in [-0.2, 0) is 11.3 Å². The van der Waals surface area contributed by atoms with Gasteiger partial charge in [-0.05, 0) is 56.5 Å². The summed E-state index contributed by atoms with van der Waals surface area (Å²) in [5.41, 5.74) is 6.66. The Morgan fingerprint density at radius 3 is 2.76 bits per heavy atom. The average Bonchev–Trinajstić information content (AvgIpc) is 3.64. The van der Waals surface area contributed by atoms with E-state index in [0.29, 0.717) is 12.3 Å². The predicted octanol–water partition coefficient (Wildman–Crippen LogP) is 4.02. The van der Waals surface area contributed by atoms with Gasteiger partial charge in [-0.3, -0.25) is 9.48 Å². The van der Waals surface area contributed by atoms with Gasteiger partial charge in [-0.25, -0.2) is 0 Å². The van der Waals surface area contributed by atoms with Crippen LogP contribution in [0.15, 0.2) is 36.4 Å². The predicted molar refractivity (Wildman–Crippen MR) is 137 cm³/mol. The van der Waals surface area contributed by atoms with Crippen molar-refractivity contribution in [2.24, 2.45) is 0 Å². The summed E-state index contributed by atoms with van der Waals surface area (Å²) in [5, 5.41) is 16.5. The number of anilines is 2. The number of nitrogens with one attached hydrogen (secondary N) is 3. The quantitative estimate of drug-likeness (QED) is 0.520. The van der Waals surface area contributed by atoms with Gasteiger partial charge in [-0.15, -0.1) is 0 Å². The van der Waals surface area contributed by atoms with Gasteiger partial charge in [-0.1, -0.05) is 18.2 Å². The molecule has 2 aromatic carbocycles. The van der Waals surface area contributed by atoms with Crippen LogP contribution in [0.4, 0.5) is 11.4 Å². The van der Waals surface area contributed by atoms with Gasteiger partial charge < -0.3 is 20.9 Å². The Morgan fingerprint density at radius 2 is 1.94 bits per heavy atom. The summed E-state index contributed by atoms with van der Waals surface area (Å²) >= 11 is 0. The fourth-order valence-corrected chi connectivity index (χ4v) is 5.41. The summed E-state index contributed by atoms with van der Waals surface area (Å²) in [6, 6.07) is 13.0. The zero-order chi connectivity index (χ0) is 23.1. The summed E-state index contributed by atoms with van der Waals surface area (Å²) in [5.74, 6) is 0.655. The molecule has 7 nitrogen and oxygen atoms in total. The van der Waals surface area contributed by atoms with Crippen molar-refractivity contribution in [2.45, 2.75) is 51.1 Å². The first-order valence-electron chi connectivity index (χ1n) is 12.8. The van der Waals surface area contributed by atoms with E-state index in [1.807, 2.05) is 12.1 Å². The highest BCUT2D eigenvalue weighted by molar-refractivity contribution is 6.01. The first kappa shape index (κ1) is 21.6. The lowest BCUT2D eigenvalue weighted by molar-refractivity contribution is -0.116. The minimum atomic E-state index is 0.0597. The molecule has 1 aromatic heterocycles. The molecule has 3 N–H and O–H groups in total. The van der Waals surface area contributed by atoms with Crippen molar-refractivity contribution in [3.05, 3.63) is 42.1 Å². The molecule has 1 amide bonds. The molecule has 6 rings (SSSR count). The molecule has 3 aromatic rings. The average molecular weight is 459 g/mol. The molecule has 0 spiro atoms. The highest BCUT2D eigenvalue weighted by atomic mass is 16.1. The molecule has 2 aliphatic heterocycles. The van der Waals surface area contributed by atoms with Crippen LogP contribution in [0, 0.1) is 0 Å². The topological polar surface area (TPSA) is 74.2 Å². The van der Waals surface area contributed by atoms with Gasteiger partial charge in [0, 0.05) is 62.1 Å². The molecule has 178 valence electrons. The van der Waals surface area contributed by atoms with Crippen molar-refractivity contribution < 1.29 is 4.79 Å². The Hall–Kier alpha value is -2.90. The largest absolute Gasteiger partial charge is 0.380 e. The Bertz CT molecular complexity index is 1210. The number of hydrogen-bond donors (Lipinski definition) is 3. The number of carbonyl (C=O) groups is 1. The number of aromatic nitrogens is 2. The normalized spacial score (nSPS) is 21.1. The van der Waals surface area contributed by atoms with E-state index in [1.165, 1.54) is 35.0 Å². The third-order valence-corrected chi connectivity index (χ3v) is 7.33. The lowest BCUT2D eigenvalue weighted by Gasteiger charge is -2.27. The first-order valence-corrected chi connectivity index (χ1v) is 12.8. The number of aryl methyl sites for hydroxylation is 1. The highest BCUT2D eigenvalue weighted by Gasteiger charge is 2.29. The van der Waals surface area contributed by atoms with E-state index in [-0.39, 0.29) is 11.9 Å². The molecule has 1 saturated carbocycles. The minimum absolute atomic E-state index is 0.0597. The summed E-state index contributed by atoms with van der Waals surface area (Å²) in [7, 11) is 0. The Kier molecular flexibility index (Phi) is 5.75. The molecule has 0 unspecified atom stereocenters. The molecule has 3 aliphatic rings. The number of carbonyl (C=O) groups excluding carboxylic acids is 1. The van der Waals surface area contributed by atoms with E-state index >= 15 is 0 Å². The molecule has 1 saturated heterocycles. The van der Waals surface area contributed by atoms with Crippen LogP contribution in [0.25, 0.3) is 22.0 Å². The number of para-hydroxylation sites is 1. The van der Waals surface area contributed by atoms with Gasteiger partial charge in [0.1, 0.15) is 0 Å². The van der Waals surface area contributed by atoms with Crippen LogP contribution in [0.3, 0.4) is 0 Å². The van der Waals surface area contributed by atoms with Crippen LogP contribution in [-0.4, -0.2) is 59.4 Å². The van der Waals surface area contributed by atoms with E-state index in [1.54, 1.807) is 0 Å². The zero-order valence-electron chi connectivity index (χ0n) is 19.9. The molecule has 7 heteroatoms. The van der Waals surface area contributed by atoms with E-state index in [2.05, 4.69) is 56.7 Å². The van der Waals surface area contributed by atoms with Gasteiger partial charge >= 0.3 is 0 Å². The Balaban J connectivity index is 1.31. The standard InChI is InChI=1S/C27H34N6O/c1-18-16-25(34)30-23-5-2-4-21(27(23)29-18)20-8-9-24-22(17-20)26(19-6-7-19)31-33(24)13-3-12-32-14-10-28-11-15-32/h2,4-5,8-9,17-19,28-29H,3,6-7,10-16H2,1H3,(H,30,34)/t18-/m1/s1. The van der Waals surface area contributed by atoms with Gasteiger partial charge in [-0.2, -0.15) is 5.10 Å². The second-order valence-corrected chi connectivity index (χ2v) is 10.1. The lowest BCUT2D eigenvalue weighted by Crippen LogP contribution is -2.43. The summed E-state index contributed by atoms with van der Waals surface area (Å²) < 4.78 is 2.24. The van der Waals surface area contributed by atoms with Crippen LogP contribution < -0.4 is 16.0 Å². The smallest absolute Gasteiger partial charge is 0.226 e. The van der Waals surface area contributed by atoms with Gasteiger partial charge in [0.2, 0.25) is 5.91 Å². The van der Waals surface area contributed by atoms with Gasteiger partial charge in [0.25, 0.3) is 0 Å². The summed E-state index contributed by atoms with van der Waals surface area (Å²) in [6.45, 7) is 8.63. The van der Waals surface area contributed by atoms with E-state index in [0.717, 1.165) is 62.6 Å². The molecule has 0 radical (unpaired) electrons. The van der Waals surface area contributed by atoms with Gasteiger partial charge in [0.05, 0.1) is 22.6 Å². The number of fused-ring (bicyclic) bond motifs is 2. The zero-order valence-corrected chi connectivity index (χ0v) is 19.9. The number of rotatable bonds is 6. The van der Waals surface area contributed by atoms with Crippen LogP contribution >= 0.6 is 0 Å². The Labute approximate surface area is 200 Å². The number of nitrogens with zero attached hydrogens (tertiary/aromatic N) is 3. The van der Waals surface area contributed by atoms with E-state index in [4.69, 9.17) is 5.10 Å². The third kappa shape index (κ3) is 4.30. The second kappa shape index (κ2) is 9.04. The van der Waals surface area contributed by atoms with Crippen LogP contribution in [0.1, 0.15) is 44.2 Å². The number of piperazine rings is 1. The molecular weight excluding hydrogens is 424 g/mol. The molecule has 34 heavy (non-hydrogen) atoms. The first-order chi connectivity index (χ1) is 16.7. The minimum Gasteiger partial charge on any atom is -0.380 e. The van der Waals surface area contributed by atoms with Crippen molar-refractivity contribution in [1.82, 2.24) is 20.0 Å². The molecule has 1 atom stereocenters. The molecule has 0 bridgehead atoms. The van der Waals surface area contributed by atoms with Crippen LogP contribution in [0.2, 0.25) is 0 Å². The lowest BCUT2D eigenvalue weighted by atomic mass is 9.99. The molecular formula is C27H34N6O. The van der Waals surface area contributed by atoms with Crippen molar-refractivity contribution >= 4 is 28.2 Å². The maximum Gasteiger partial charge on any atom is 0.226 e. The molecule has 3 heterocycles. The van der Waals surface area contributed by atoms with Crippen LogP contribution in [0.5, 0.6) is 0 Å². The second-order valence-electron chi connectivity index (χ2n) is 10.1. The maximum absolute atomic E-state index is 12.2. The van der Waals surface area contributed by atoms with E-state index in [9.17, 15) is 4.79 Å². The van der Waals surface area contributed by atoms with Crippen molar-refractivity contribution in [3.8, 4) is 11.1 Å². The highest BCUT2D eigenvalue weighted by Crippen LogP contribution is 2.44. The van der Waals surface area contributed by atoms with Crippen molar-refractivity contribution in [2.75, 3.05) is 43.4 Å². The molecule has 1 aliphatic carbocycles. The van der Waals surface area contributed by atoms with Crippen molar-refractivity contribution in [1.29, 1.82) is 0 Å². The van der Waals surface area contributed by atoms with Gasteiger partial charge in [0.15, 0.2) is 0 Å². The fourth-order valence-electron chi connectivity index (χ4n) is 5.41. The molecule has 2 fully saturated rings. The number of benzene rings is 2. The number of hydrogen-bond acceptors (Lipinski definition) is 5. The summed E-state index contributed by atoms with van der Waals surface area (Å²) in [6.07, 6.45) is 4.07. The Morgan fingerprint density at radius 1 is 1.09 bits per heavy atom. The fraction of sp³-hybridized carbons (Fsp3) is 0.481. The SMILES string of the molecule is C[C@@H]1CC(=O)Nc2cccc(-c3ccc4c(c3)c(C3CC3)nn4CCCN3CCNCC3)c2N1.